The molecule has 2 aromatic rings. The molecule has 0 saturated carbocycles. The van der Waals surface area contributed by atoms with Crippen LogP contribution >= 0.6 is 12.2 Å². The fourth-order valence-electron chi connectivity index (χ4n) is 1.70. The number of halogens is 2. The van der Waals surface area contributed by atoms with Gasteiger partial charge in [0.05, 0.1) is 12.8 Å². The number of aromatic nitrogens is 3. The smallest absolute Gasteiger partial charge is 0.387 e. The minimum absolute atomic E-state index is 0.0231. The zero-order valence-electron chi connectivity index (χ0n) is 11.9. The van der Waals surface area contributed by atoms with Gasteiger partial charge < -0.3 is 9.47 Å². The molecule has 118 valence electrons. The average Bonchev–Trinajstić information content (AvgIpc) is 2.78. The van der Waals surface area contributed by atoms with Crippen LogP contribution in [0, 0.1) is 11.7 Å². The molecule has 0 spiro atoms. The van der Waals surface area contributed by atoms with Gasteiger partial charge in [0.25, 0.3) is 0 Å². The zero-order chi connectivity index (χ0) is 16.1. The summed E-state index contributed by atoms with van der Waals surface area (Å²) < 4.78 is 36.2. The van der Waals surface area contributed by atoms with Gasteiger partial charge >= 0.3 is 6.61 Å². The Labute approximate surface area is 130 Å². The molecule has 0 radical (unpaired) electrons. The van der Waals surface area contributed by atoms with Crippen molar-refractivity contribution in [1.29, 1.82) is 0 Å². The maximum absolute atomic E-state index is 12.3. The van der Waals surface area contributed by atoms with Crippen molar-refractivity contribution in [3.8, 4) is 11.5 Å². The van der Waals surface area contributed by atoms with E-state index in [1.807, 2.05) is 0 Å². The van der Waals surface area contributed by atoms with E-state index in [1.165, 1.54) is 17.0 Å². The Morgan fingerprint density at radius 1 is 1.45 bits per heavy atom. The van der Waals surface area contributed by atoms with Crippen molar-refractivity contribution in [2.75, 3.05) is 6.61 Å². The van der Waals surface area contributed by atoms with E-state index in [4.69, 9.17) is 17.0 Å². The molecule has 1 aromatic carbocycles. The van der Waals surface area contributed by atoms with E-state index in [1.54, 1.807) is 26.0 Å². The van der Waals surface area contributed by atoms with Crippen molar-refractivity contribution in [1.82, 2.24) is 14.9 Å². The highest BCUT2D eigenvalue weighted by atomic mass is 32.1. The van der Waals surface area contributed by atoms with Gasteiger partial charge in [0.1, 0.15) is 5.82 Å². The third-order valence-corrected chi connectivity index (χ3v) is 2.88. The third kappa shape index (κ3) is 3.88. The SMILES string of the molecule is CCOc1cc(/C=N/n2c(C)n[nH]c2=S)ccc1OC(F)F. The summed E-state index contributed by atoms with van der Waals surface area (Å²) >= 11 is 5.03. The van der Waals surface area contributed by atoms with Crippen LogP contribution in [-0.2, 0) is 0 Å². The van der Waals surface area contributed by atoms with Crippen molar-refractivity contribution < 1.29 is 18.3 Å². The van der Waals surface area contributed by atoms with Gasteiger partial charge in [0, 0.05) is 0 Å². The number of aryl methyl sites for hydroxylation is 1. The zero-order valence-corrected chi connectivity index (χ0v) is 12.7. The van der Waals surface area contributed by atoms with Crippen LogP contribution in [0.3, 0.4) is 0 Å². The van der Waals surface area contributed by atoms with Gasteiger partial charge in [-0.05, 0) is 49.8 Å². The van der Waals surface area contributed by atoms with E-state index in [0.717, 1.165) is 0 Å². The predicted octanol–water partition coefficient (Wildman–Crippen LogP) is 3.13. The van der Waals surface area contributed by atoms with Crippen LogP contribution in [-0.4, -0.2) is 34.3 Å². The number of benzene rings is 1. The first-order valence-electron chi connectivity index (χ1n) is 6.41. The Balaban J connectivity index is 2.28. The summed E-state index contributed by atoms with van der Waals surface area (Å²) in [7, 11) is 0. The van der Waals surface area contributed by atoms with Crippen LogP contribution in [0.2, 0.25) is 0 Å². The minimum Gasteiger partial charge on any atom is -0.490 e. The molecule has 1 N–H and O–H groups in total. The summed E-state index contributed by atoms with van der Waals surface area (Å²) in [4.78, 5) is 0. The Kier molecular flexibility index (Phi) is 5.21. The number of hydrogen-bond acceptors (Lipinski definition) is 5. The first-order chi connectivity index (χ1) is 10.5. The molecular weight excluding hydrogens is 314 g/mol. The maximum Gasteiger partial charge on any atom is 0.387 e. The van der Waals surface area contributed by atoms with E-state index in [0.29, 0.717) is 22.8 Å². The molecule has 22 heavy (non-hydrogen) atoms. The molecular formula is C13H14F2N4O2S. The lowest BCUT2D eigenvalue weighted by Crippen LogP contribution is -2.05. The molecule has 0 atom stereocenters. The lowest BCUT2D eigenvalue weighted by atomic mass is 10.2. The summed E-state index contributed by atoms with van der Waals surface area (Å²) in [5.74, 6) is 0.799. The molecule has 0 amide bonds. The van der Waals surface area contributed by atoms with Crippen molar-refractivity contribution in [2.45, 2.75) is 20.5 Å². The number of nitrogens with zero attached hydrogens (tertiary/aromatic N) is 3. The van der Waals surface area contributed by atoms with Crippen LogP contribution in [0.5, 0.6) is 11.5 Å². The maximum atomic E-state index is 12.3. The summed E-state index contributed by atoms with van der Waals surface area (Å²) in [6.45, 7) is 0.910. The molecule has 1 aromatic heterocycles. The molecule has 0 unspecified atom stereocenters. The molecule has 0 aliphatic rings. The van der Waals surface area contributed by atoms with Crippen molar-refractivity contribution in [3.05, 3.63) is 34.4 Å². The molecule has 9 heteroatoms. The van der Waals surface area contributed by atoms with Crippen LogP contribution in [0.1, 0.15) is 18.3 Å². The number of H-pyrrole nitrogens is 1. The summed E-state index contributed by atoms with van der Waals surface area (Å²) in [6.07, 6.45) is 1.52. The highest BCUT2D eigenvalue weighted by Crippen LogP contribution is 2.29. The van der Waals surface area contributed by atoms with E-state index in [-0.39, 0.29) is 11.5 Å². The second-order valence-corrected chi connectivity index (χ2v) is 4.54. The largest absolute Gasteiger partial charge is 0.490 e. The van der Waals surface area contributed by atoms with Crippen LogP contribution in [0.25, 0.3) is 0 Å². The summed E-state index contributed by atoms with van der Waals surface area (Å²) in [5.41, 5.74) is 0.646. The van der Waals surface area contributed by atoms with E-state index >= 15 is 0 Å². The standard InChI is InChI=1S/C13H14F2N4O2S/c1-3-20-11-6-9(4-5-10(11)21-12(14)15)7-16-19-8(2)17-18-13(19)22/h4-7,12H,3H2,1-2H3,(H,18,22)/b16-7+. The van der Waals surface area contributed by atoms with Crippen LogP contribution in [0.15, 0.2) is 23.3 Å². The van der Waals surface area contributed by atoms with Gasteiger partial charge in [-0.1, -0.05) is 0 Å². The number of aromatic amines is 1. The molecule has 0 bridgehead atoms. The van der Waals surface area contributed by atoms with Gasteiger partial charge in [-0.25, -0.2) is 0 Å². The number of alkyl halides is 2. The number of nitrogens with one attached hydrogen (secondary N) is 1. The number of hydrogen-bond donors (Lipinski definition) is 1. The van der Waals surface area contributed by atoms with Crippen LogP contribution in [0.4, 0.5) is 8.78 Å². The highest BCUT2D eigenvalue weighted by molar-refractivity contribution is 7.71. The van der Waals surface area contributed by atoms with Gasteiger partial charge in [0.2, 0.25) is 4.77 Å². The molecule has 0 fully saturated rings. The molecule has 1 heterocycles. The highest BCUT2D eigenvalue weighted by Gasteiger charge is 2.11. The minimum atomic E-state index is -2.91. The lowest BCUT2D eigenvalue weighted by Gasteiger charge is -2.11. The fourth-order valence-corrected chi connectivity index (χ4v) is 1.92. The second kappa shape index (κ2) is 7.12. The van der Waals surface area contributed by atoms with Crippen molar-refractivity contribution in [3.63, 3.8) is 0 Å². The molecule has 6 nitrogen and oxygen atoms in total. The Morgan fingerprint density at radius 2 is 2.23 bits per heavy atom. The predicted molar refractivity (Wildman–Crippen MR) is 79.4 cm³/mol. The third-order valence-electron chi connectivity index (χ3n) is 2.62. The number of rotatable bonds is 6. The van der Waals surface area contributed by atoms with Gasteiger partial charge in [-0.15, -0.1) is 0 Å². The average molecular weight is 328 g/mol. The van der Waals surface area contributed by atoms with E-state index < -0.39 is 6.61 Å². The van der Waals surface area contributed by atoms with Crippen molar-refractivity contribution >= 4 is 18.4 Å². The normalized spacial score (nSPS) is 11.3. The van der Waals surface area contributed by atoms with Gasteiger partial charge in [0.15, 0.2) is 11.5 Å². The fraction of sp³-hybridized carbons (Fsp3) is 0.308. The molecule has 0 aliphatic heterocycles. The molecule has 0 aliphatic carbocycles. The van der Waals surface area contributed by atoms with E-state index in [9.17, 15) is 8.78 Å². The topological polar surface area (TPSA) is 64.4 Å². The first kappa shape index (κ1) is 16.1. The van der Waals surface area contributed by atoms with Gasteiger partial charge in [-0.3, -0.25) is 5.10 Å². The quantitative estimate of drug-likeness (QED) is 0.653. The van der Waals surface area contributed by atoms with Crippen molar-refractivity contribution in [2.24, 2.45) is 5.10 Å². The Bertz CT molecular complexity index is 727. The Morgan fingerprint density at radius 3 is 2.82 bits per heavy atom. The summed E-state index contributed by atoms with van der Waals surface area (Å²) in [5, 5.41) is 10.7. The lowest BCUT2D eigenvalue weighted by molar-refractivity contribution is -0.0514. The molecule has 2 rings (SSSR count). The van der Waals surface area contributed by atoms with Crippen LogP contribution < -0.4 is 9.47 Å². The molecule has 0 saturated heterocycles. The Hall–Kier alpha value is -2.29. The first-order valence-corrected chi connectivity index (χ1v) is 6.82. The second-order valence-electron chi connectivity index (χ2n) is 4.15. The number of ether oxygens (including phenoxy) is 2. The van der Waals surface area contributed by atoms with E-state index in [2.05, 4.69) is 20.0 Å². The van der Waals surface area contributed by atoms with Gasteiger partial charge in [-0.2, -0.15) is 23.7 Å². The summed E-state index contributed by atoms with van der Waals surface area (Å²) in [6, 6.07) is 4.55. The monoisotopic (exact) mass is 328 g/mol.